The van der Waals surface area contributed by atoms with E-state index in [-0.39, 0.29) is 5.91 Å². The molecule has 0 aliphatic heterocycles. The van der Waals surface area contributed by atoms with Gasteiger partial charge in [-0.1, -0.05) is 47.5 Å². The van der Waals surface area contributed by atoms with Gasteiger partial charge < -0.3 is 0 Å². The van der Waals surface area contributed by atoms with Gasteiger partial charge in [0.1, 0.15) is 0 Å². The number of pyridine rings is 1. The summed E-state index contributed by atoms with van der Waals surface area (Å²) in [5.41, 5.74) is 6.78. The van der Waals surface area contributed by atoms with Crippen LogP contribution in [-0.2, 0) is 7.05 Å². The smallest absolute Gasteiger partial charge is 0.272 e. The number of hydrogen-bond donors (Lipinski definition) is 1. The first-order valence-corrected chi connectivity index (χ1v) is 9.87. The molecule has 4 aromatic rings. The highest BCUT2D eigenvalue weighted by Gasteiger charge is 2.14. The van der Waals surface area contributed by atoms with E-state index in [0.29, 0.717) is 26.8 Å². The maximum absolute atomic E-state index is 12.9. The van der Waals surface area contributed by atoms with Crippen LogP contribution in [0.2, 0.25) is 10.0 Å². The highest BCUT2D eigenvalue weighted by atomic mass is 35.5. The first-order valence-electron chi connectivity index (χ1n) is 9.11. The second kappa shape index (κ2) is 8.26. The van der Waals surface area contributed by atoms with Crippen LogP contribution in [0.5, 0.6) is 0 Å². The zero-order valence-corrected chi connectivity index (χ0v) is 17.7. The van der Waals surface area contributed by atoms with Gasteiger partial charge in [-0.3, -0.25) is 9.48 Å². The number of hydrogen-bond acceptors (Lipinski definition) is 4. The minimum atomic E-state index is -0.340. The maximum Gasteiger partial charge on any atom is 0.272 e. The number of carbonyl (C=O) groups excluding carboxylic acids is 1. The molecule has 0 bridgehead atoms. The number of aromatic nitrogens is 3. The molecule has 2 aromatic heterocycles. The number of nitrogens with zero attached hydrogens (tertiary/aromatic N) is 4. The van der Waals surface area contributed by atoms with Gasteiger partial charge in [-0.15, -0.1) is 0 Å². The normalized spacial score (nSPS) is 11.3. The molecule has 0 unspecified atom stereocenters. The van der Waals surface area contributed by atoms with E-state index < -0.39 is 0 Å². The summed E-state index contributed by atoms with van der Waals surface area (Å²) < 4.78 is 1.69. The second-order valence-corrected chi connectivity index (χ2v) is 7.56. The number of nitrogens with one attached hydrogen (secondary N) is 1. The molecule has 1 N–H and O–H groups in total. The van der Waals surface area contributed by atoms with Crippen LogP contribution in [-0.4, -0.2) is 26.9 Å². The zero-order chi connectivity index (χ0) is 21.3. The number of carbonyl (C=O) groups is 1. The molecule has 6 nitrogen and oxygen atoms in total. The van der Waals surface area contributed by atoms with Crippen molar-refractivity contribution in [2.45, 2.75) is 6.92 Å². The van der Waals surface area contributed by atoms with E-state index >= 15 is 0 Å². The van der Waals surface area contributed by atoms with Crippen molar-refractivity contribution >= 4 is 46.2 Å². The Morgan fingerprint density at radius 1 is 1.13 bits per heavy atom. The average Bonchev–Trinajstić information content (AvgIpc) is 3.06. The molecule has 0 spiro atoms. The lowest BCUT2D eigenvalue weighted by molar-refractivity contribution is 0.0956. The molecular weight excluding hydrogens is 421 g/mol. The van der Waals surface area contributed by atoms with E-state index in [1.54, 1.807) is 29.1 Å². The summed E-state index contributed by atoms with van der Waals surface area (Å²) in [5.74, 6) is -0.340. The highest BCUT2D eigenvalue weighted by Crippen LogP contribution is 2.30. The fourth-order valence-corrected chi connectivity index (χ4v) is 3.43. The third-order valence-corrected chi connectivity index (χ3v) is 5.34. The van der Waals surface area contributed by atoms with Crippen molar-refractivity contribution in [3.63, 3.8) is 0 Å². The molecule has 0 saturated heterocycles. The van der Waals surface area contributed by atoms with E-state index in [0.717, 1.165) is 22.2 Å². The molecule has 0 fully saturated rings. The van der Waals surface area contributed by atoms with E-state index in [9.17, 15) is 4.79 Å². The Hall–Kier alpha value is -3.22. The molecule has 150 valence electrons. The van der Waals surface area contributed by atoms with E-state index in [2.05, 4.69) is 20.6 Å². The van der Waals surface area contributed by atoms with Crippen LogP contribution < -0.4 is 5.43 Å². The number of amides is 1. The predicted octanol–water partition coefficient (Wildman–Crippen LogP) is 5.01. The summed E-state index contributed by atoms with van der Waals surface area (Å²) in [7, 11) is 1.83. The molecule has 0 radical (unpaired) electrons. The Morgan fingerprint density at radius 3 is 2.67 bits per heavy atom. The summed E-state index contributed by atoms with van der Waals surface area (Å²) in [6.07, 6.45) is 3.40. The van der Waals surface area contributed by atoms with Crippen LogP contribution in [0.4, 0.5) is 0 Å². The monoisotopic (exact) mass is 437 g/mol. The first kappa shape index (κ1) is 20.1. The fourth-order valence-electron chi connectivity index (χ4n) is 3.13. The van der Waals surface area contributed by atoms with Gasteiger partial charge >= 0.3 is 0 Å². The zero-order valence-electron chi connectivity index (χ0n) is 16.2. The van der Waals surface area contributed by atoms with Gasteiger partial charge in [0.2, 0.25) is 0 Å². The van der Waals surface area contributed by atoms with Gasteiger partial charge in [-0.2, -0.15) is 10.2 Å². The quantitative estimate of drug-likeness (QED) is 0.360. The number of halogens is 2. The van der Waals surface area contributed by atoms with Crippen molar-refractivity contribution in [1.82, 2.24) is 20.2 Å². The number of fused-ring (bicyclic) bond motifs is 1. The Labute approximate surface area is 183 Å². The summed E-state index contributed by atoms with van der Waals surface area (Å²) in [6.45, 7) is 1.88. The molecule has 0 atom stereocenters. The second-order valence-electron chi connectivity index (χ2n) is 6.74. The van der Waals surface area contributed by atoms with Crippen LogP contribution in [0.1, 0.15) is 21.6 Å². The highest BCUT2D eigenvalue weighted by molar-refractivity contribution is 6.42. The maximum atomic E-state index is 12.9. The predicted molar refractivity (Wildman–Crippen MR) is 120 cm³/mol. The van der Waals surface area contributed by atoms with E-state index in [1.807, 2.05) is 50.5 Å². The van der Waals surface area contributed by atoms with Crippen LogP contribution in [0.3, 0.4) is 0 Å². The fraction of sp³-hybridized carbons (Fsp3) is 0.0909. The number of aryl methyl sites for hydroxylation is 2. The van der Waals surface area contributed by atoms with Crippen molar-refractivity contribution in [2.24, 2.45) is 12.1 Å². The number of rotatable bonds is 4. The summed E-state index contributed by atoms with van der Waals surface area (Å²) in [4.78, 5) is 17.6. The van der Waals surface area contributed by atoms with Crippen molar-refractivity contribution in [3.8, 4) is 11.3 Å². The lowest BCUT2D eigenvalue weighted by Crippen LogP contribution is -2.18. The van der Waals surface area contributed by atoms with Crippen molar-refractivity contribution in [1.29, 1.82) is 0 Å². The molecule has 4 rings (SSSR count). The van der Waals surface area contributed by atoms with Crippen molar-refractivity contribution in [2.75, 3.05) is 0 Å². The largest absolute Gasteiger partial charge is 0.275 e. The van der Waals surface area contributed by atoms with E-state index in [4.69, 9.17) is 23.2 Å². The van der Waals surface area contributed by atoms with Crippen molar-refractivity contribution < 1.29 is 4.79 Å². The van der Waals surface area contributed by atoms with Gasteiger partial charge in [0.25, 0.3) is 5.91 Å². The Balaban J connectivity index is 1.70. The minimum Gasteiger partial charge on any atom is -0.275 e. The van der Waals surface area contributed by atoms with Gasteiger partial charge in [0, 0.05) is 29.8 Å². The molecule has 1 amide bonds. The third-order valence-electron chi connectivity index (χ3n) is 4.60. The summed E-state index contributed by atoms with van der Waals surface area (Å²) in [6, 6.07) is 14.4. The number of benzene rings is 2. The van der Waals surface area contributed by atoms with E-state index in [1.165, 1.54) is 0 Å². The van der Waals surface area contributed by atoms with Gasteiger partial charge in [0.05, 0.1) is 38.7 Å². The Morgan fingerprint density at radius 2 is 1.93 bits per heavy atom. The summed E-state index contributed by atoms with van der Waals surface area (Å²) >= 11 is 12.2. The van der Waals surface area contributed by atoms with Crippen molar-refractivity contribution in [3.05, 3.63) is 81.6 Å². The van der Waals surface area contributed by atoms with Crippen LogP contribution in [0.25, 0.3) is 22.2 Å². The minimum absolute atomic E-state index is 0.340. The number of hydrazone groups is 1. The molecular formula is C22H17Cl2N5O. The Kier molecular flexibility index (Phi) is 5.53. The molecule has 0 aliphatic carbocycles. The van der Waals surface area contributed by atoms with Crippen LogP contribution in [0, 0.1) is 6.92 Å². The standard InChI is InChI=1S/C22H17Cl2N5O/c1-13-15(12-29(2)28-13)11-25-27-22(30)17-10-21(14-7-8-18(23)19(24)9-14)26-20-6-4-3-5-16(17)20/h3-12H,1-2H3,(H,27,30)/b25-11-. The molecule has 2 aromatic carbocycles. The molecule has 2 heterocycles. The lowest BCUT2D eigenvalue weighted by Gasteiger charge is -2.09. The molecule has 8 heteroatoms. The van der Waals surface area contributed by atoms with Gasteiger partial charge in [-0.05, 0) is 31.2 Å². The van der Waals surface area contributed by atoms with Crippen LogP contribution >= 0.6 is 23.2 Å². The molecule has 0 aliphatic rings. The third kappa shape index (κ3) is 4.06. The van der Waals surface area contributed by atoms with Gasteiger partial charge in [0.15, 0.2) is 0 Å². The molecule has 30 heavy (non-hydrogen) atoms. The lowest BCUT2D eigenvalue weighted by atomic mass is 10.0. The SMILES string of the molecule is Cc1nn(C)cc1/C=N\NC(=O)c1cc(-c2ccc(Cl)c(Cl)c2)nc2ccccc12. The molecule has 0 saturated carbocycles. The average molecular weight is 438 g/mol. The van der Waals surface area contributed by atoms with Gasteiger partial charge in [-0.25, -0.2) is 10.4 Å². The number of para-hydroxylation sites is 1. The Bertz CT molecular complexity index is 1300. The van der Waals surface area contributed by atoms with Crippen LogP contribution in [0.15, 0.2) is 59.8 Å². The summed E-state index contributed by atoms with van der Waals surface area (Å²) in [5, 5.41) is 9.95. The first-order chi connectivity index (χ1) is 14.4. The topological polar surface area (TPSA) is 72.2 Å².